The Labute approximate surface area is 244 Å². The Balaban J connectivity index is 1.63. The van der Waals surface area contributed by atoms with Crippen molar-refractivity contribution in [2.75, 3.05) is 132 Å². The summed E-state index contributed by atoms with van der Waals surface area (Å²) < 4.78 is 59.1. The molecule has 0 aromatic heterocycles. The van der Waals surface area contributed by atoms with Gasteiger partial charge in [-0.3, -0.25) is 0 Å². The van der Waals surface area contributed by atoms with Gasteiger partial charge in [0.2, 0.25) is 0 Å². The lowest BCUT2D eigenvalue weighted by Gasteiger charge is -2.09. The van der Waals surface area contributed by atoms with E-state index in [0.29, 0.717) is 126 Å². The molecule has 0 N–H and O–H groups in total. The van der Waals surface area contributed by atoms with Crippen LogP contribution < -0.4 is 4.74 Å². The fourth-order valence-corrected chi connectivity index (χ4v) is 2.86. The zero-order valence-electron chi connectivity index (χ0n) is 24.2. The van der Waals surface area contributed by atoms with Crippen molar-refractivity contribution in [2.24, 2.45) is 0 Å². The van der Waals surface area contributed by atoms with E-state index in [9.17, 15) is 4.79 Å². The first-order valence-corrected chi connectivity index (χ1v) is 14.0. The highest BCUT2D eigenvalue weighted by atomic mass is 16.6. The topological polar surface area (TPSA) is 119 Å². The molecule has 41 heavy (non-hydrogen) atoms. The summed E-state index contributed by atoms with van der Waals surface area (Å²) in [7, 11) is 0. The smallest absolute Gasteiger partial charge is 0.330 e. The largest absolute Gasteiger partial charge is 0.491 e. The van der Waals surface area contributed by atoms with Crippen molar-refractivity contribution in [3.05, 3.63) is 43.0 Å². The van der Waals surface area contributed by atoms with E-state index < -0.39 is 5.97 Å². The van der Waals surface area contributed by atoms with Crippen LogP contribution in [0.5, 0.6) is 5.75 Å². The van der Waals surface area contributed by atoms with Crippen LogP contribution in [0.2, 0.25) is 0 Å². The van der Waals surface area contributed by atoms with E-state index in [1.54, 1.807) is 0 Å². The fourth-order valence-electron chi connectivity index (χ4n) is 2.86. The molecule has 1 aromatic rings. The number of carbonyl (C=O) groups is 1. The summed E-state index contributed by atoms with van der Waals surface area (Å²) in [6.45, 7) is 12.7. The van der Waals surface area contributed by atoms with Crippen molar-refractivity contribution in [1.29, 1.82) is 0 Å². The molecule has 0 atom stereocenters. The summed E-state index contributed by atoms with van der Waals surface area (Å²) >= 11 is 0. The van der Waals surface area contributed by atoms with Gasteiger partial charge in [-0.1, -0.05) is 24.8 Å². The second kappa shape index (κ2) is 30.8. The van der Waals surface area contributed by atoms with Gasteiger partial charge in [-0.25, -0.2) is 4.79 Å². The van der Waals surface area contributed by atoms with Gasteiger partial charge >= 0.3 is 5.97 Å². The van der Waals surface area contributed by atoms with Gasteiger partial charge in [0.05, 0.1) is 119 Å². The Bertz CT molecular complexity index is 692. The number of hydrogen-bond acceptors (Lipinski definition) is 12. The van der Waals surface area contributed by atoms with Gasteiger partial charge in [0.25, 0.3) is 0 Å². The quantitative estimate of drug-likeness (QED) is 0.0695. The third-order valence-electron chi connectivity index (χ3n) is 4.85. The third-order valence-corrected chi connectivity index (χ3v) is 4.85. The van der Waals surface area contributed by atoms with Crippen molar-refractivity contribution in [1.82, 2.24) is 0 Å². The molecule has 0 spiro atoms. The second-order valence-electron chi connectivity index (χ2n) is 8.04. The van der Waals surface area contributed by atoms with Gasteiger partial charge in [0.15, 0.2) is 0 Å². The summed E-state index contributed by atoms with van der Waals surface area (Å²) in [4.78, 5) is 10.8. The van der Waals surface area contributed by atoms with Crippen molar-refractivity contribution in [2.45, 2.75) is 0 Å². The van der Waals surface area contributed by atoms with Crippen LogP contribution in [0.3, 0.4) is 0 Å². The number of rotatable bonds is 32. The maximum absolute atomic E-state index is 10.8. The molecule has 1 aromatic carbocycles. The molecule has 0 aliphatic rings. The molecule has 1 rings (SSSR count). The van der Waals surface area contributed by atoms with E-state index in [1.807, 2.05) is 30.3 Å². The van der Waals surface area contributed by atoms with Crippen LogP contribution in [-0.4, -0.2) is 138 Å². The minimum absolute atomic E-state index is 0.200. The average Bonchev–Trinajstić information content (AvgIpc) is 3.00. The lowest BCUT2D eigenvalue weighted by molar-refractivity contribution is -0.139. The minimum Gasteiger partial charge on any atom is -0.491 e. The van der Waals surface area contributed by atoms with E-state index in [-0.39, 0.29) is 6.61 Å². The molecule has 0 heterocycles. The number of ether oxygens (including phenoxy) is 11. The van der Waals surface area contributed by atoms with Gasteiger partial charge in [0.1, 0.15) is 19.0 Å². The summed E-state index contributed by atoms with van der Waals surface area (Å²) in [6, 6.07) is 9.65. The van der Waals surface area contributed by atoms with Crippen LogP contribution in [-0.2, 0) is 52.2 Å². The molecule has 0 unspecified atom stereocenters. The molecule has 0 aliphatic carbocycles. The first-order valence-electron chi connectivity index (χ1n) is 14.0. The van der Waals surface area contributed by atoms with Gasteiger partial charge < -0.3 is 52.1 Å². The lowest BCUT2D eigenvalue weighted by Crippen LogP contribution is -2.15. The highest BCUT2D eigenvalue weighted by molar-refractivity contribution is 5.81. The standard InChI is InChI=1S/C29H48O12/c1-2-29(30)41-27-25-39-23-21-37-19-17-35-15-13-33-11-9-31-8-10-32-12-14-34-16-18-36-20-22-38-24-26-40-28-6-4-3-5-7-28/h2-7H,1,8-27H2. The SMILES string of the molecule is C=CC(=O)OCCOCCOCCOCCOCCOCCOCCOCCOCCOCCOc1ccccc1. The highest BCUT2D eigenvalue weighted by Crippen LogP contribution is 2.07. The van der Waals surface area contributed by atoms with E-state index in [1.165, 1.54) is 0 Å². The highest BCUT2D eigenvalue weighted by Gasteiger charge is 1.97. The molecular formula is C29H48O12. The molecule has 0 fully saturated rings. The van der Waals surface area contributed by atoms with Crippen LogP contribution >= 0.6 is 0 Å². The Morgan fingerprint density at radius 1 is 0.463 bits per heavy atom. The number of para-hydroxylation sites is 1. The van der Waals surface area contributed by atoms with E-state index in [0.717, 1.165) is 11.8 Å². The fraction of sp³-hybridized carbons (Fsp3) is 0.690. The number of benzene rings is 1. The summed E-state index contributed by atoms with van der Waals surface area (Å²) in [5, 5.41) is 0. The first-order chi connectivity index (χ1) is 20.3. The van der Waals surface area contributed by atoms with Gasteiger partial charge in [-0.2, -0.15) is 0 Å². The third kappa shape index (κ3) is 27.8. The normalized spacial score (nSPS) is 11.0. The molecule has 236 valence electrons. The maximum atomic E-state index is 10.8. The van der Waals surface area contributed by atoms with Crippen molar-refractivity contribution >= 4 is 5.97 Å². The van der Waals surface area contributed by atoms with Gasteiger partial charge in [0, 0.05) is 6.08 Å². The molecule has 0 saturated heterocycles. The van der Waals surface area contributed by atoms with E-state index in [4.69, 9.17) is 52.1 Å². The number of hydrogen-bond donors (Lipinski definition) is 0. The maximum Gasteiger partial charge on any atom is 0.330 e. The van der Waals surface area contributed by atoms with E-state index in [2.05, 4.69) is 6.58 Å². The molecule has 12 heteroatoms. The molecule has 0 aliphatic heterocycles. The monoisotopic (exact) mass is 588 g/mol. The van der Waals surface area contributed by atoms with Crippen LogP contribution in [0.4, 0.5) is 0 Å². The van der Waals surface area contributed by atoms with Crippen LogP contribution in [0.1, 0.15) is 0 Å². The first kappa shape index (κ1) is 36.9. The number of carbonyl (C=O) groups excluding carboxylic acids is 1. The zero-order chi connectivity index (χ0) is 29.3. The van der Waals surface area contributed by atoms with Crippen LogP contribution in [0, 0.1) is 0 Å². The molecule has 0 amide bonds. The second-order valence-corrected chi connectivity index (χ2v) is 8.04. The van der Waals surface area contributed by atoms with Crippen molar-refractivity contribution in [3.8, 4) is 5.75 Å². The number of esters is 1. The van der Waals surface area contributed by atoms with Crippen LogP contribution in [0.15, 0.2) is 43.0 Å². The minimum atomic E-state index is -0.458. The molecular weight excluding hydrogens is 540 g/mol. The Morgan fingerprint density at radius 3 is 1.07 bits per heavy atom. The molecule has 0 radical (unpaired) electrons. The Hall–Kier alpha value is -2.13. The Kier molecular flexibility index (Phi) is 27.7. The molecule has 12 nitrogen and oxygen atoms in total. The van der Waals surface area contributed by atoms with Crippen molar-refractivity contribution in [3.63, 3.8) is 0 Å². The average molecular weight is 589 g/mol. The molecule has 0 saturated carbocycles. The Morgan fingerprint density at radius 2 is 0.756 bits per heavy atom. The summed E-state index contributed by atoms with van der Waals surface area (Å²) in [5.41, 5.74) is 0. The van der Waals surface area contributed by atoms with Crippen molar-refractivity contribution < 1.29 is 56.9 Å². The zero-order valence-corrected chi connectivity index (χ0v) is 24.2. The van der Waals surface area contributed by atoms with Gasteiger partial charge in [-0.15, -0.1) is 0 Å². The molecule has 0 bridgehead atoms. The lowest BCUT2D eigenvalue weighted by atomic mass is 10.3. The summed E-state index contributed by atoms with van der Waals surface area (Å²) in [5.74, 6) is 0.382. The predicted molar refractivity (Wildman–Crippen MR) is 150 cm³/mol. The van der Waals surface area contributed by atoms with Crippen LogP contribution in [0.25, 0.3) is 0 Å². The van der Waals surface area contributed by atoms with Gasteiger partial charge in [-0.05, 0) is 12.1 Å². The van der Waals surface area contributed by atoms with E-state index >= 15 is 0 Å². The predicted octanol–water partition coefficient (Wildman–Crippen LogP) is 1.94. The summed E-state index contributed by atoms with van der Waals surface area (Å²) in [6.07, 6.45) is 1.11.